The van der Waals surface area contributed by atoms with Crippen LogP contribution in [0.5, 0.6) is 5.75 Å². The predicted octanol–water partition coefficient (Wildman–Crippen LogP) is 3.85. The Balaban J connectivity index is 1.61. The van der Waals surface area contributed by atoms with E-state index in [1.54, 1.807) is 19.2 Å². The molecule has 0 spiro atoms. The molecule has 11 nitrogen and oxygen atoms in total. The number of primary sulfonamides is 1. The number of ether oxygens (including phenoxy) is 1. The Labute approximate surface area is 208 Å². The van der Waals surface area contributed by atoms with Crippen LogP contribution in [0.3, 0.4) is 0 Å². The molecule has 1 heterocycles. The number of nitrogens with zero attached hydrogens (tertiary/aromatic N) is 4. The summed E-state index contributed by atoms with van der Waals surface area (Å²) in [5.74, 6) is 1.38. The number of hydrogen-bond donors (Lipinski definition) is 4. The normalized spacial score (nSPS) is 11.6. The summed E-state index contributed by atoms with van der Waals surface area (Å²) in [4.78, 5) is 13.2. The SMILES string of the molecule is COc1ccc(Nc2nc(N/N=C(\C)c3ccccc3)nc(Nc3ccc(S(N)(=O)=O)cc3)n2)cc1. The van der Waals surface area contributed by atoms with Gasteiger partial charge in [0.15, 0.2) is 0 Å². The van der Waals surface area contributed by atoms with Crippen LogP contribution < -0.4 is 25.9 Å². The van der Waals surface area contributed by atoms with E-state index in [2.05, 4.69) is 36.1 Å². The van der Waals surface area contributed by atoms with Gasteiger partial charge in [-0.2, -0.15) is 20.1 Å². The Morgan fingerprint density at radius 3 is 1.86 bits per heavy atom. The second-order valence-corrected chi connectivity index (χ2v) is 9.09. The molecule has 0 atom stereocenters. The van der Waals surface area contributed by atoms with Crippen LogP contribution in [0.1, 0.15) is 12.5 Å². The summed E-state index contributed by atoms with van der Waals surface area (Å²) in [6, 6.07) is 22.9. The van der Waals surface area contributed by atoms with Gasteiger partial charge in [-0.3, -0.25) is 0 Å². The minimum atomic E-state index is -3.80. The molecule has 0 aliphatic heterocycles. The number of nitrogens with two attached hydrogens (primary N) is 1. The maximum atomic E-state index is 11.5. The standard InChI is InChI=1S/C24H24N8O3S/c1-16(17-6-4-3-5-7-17)31-32-24-29-22(26-18-8-12-20(35-2)13-9-18)28-23(30-24)27-19-10-14-21(15-11-19)36(25,33)34/h3-15H,1-2H3,(H2,25,33,34)(H3,26,27,28,29,30,32)/b31-16+. The largest absolute Gasteiger partial charge is 0.497 e. The molecule has 4 rings (SSSR count). The molecule has 3 aromatic carbocycles. The van der Waals surface area contributed by atoms with Crippen LogP contribution in [0.4, 0.5) is 29.2 Å². The quantitative estimate of drug-likeness (QED) is 0.196. The molecule has 36 heavy (non-hydrogen) atoms. The van der Waals surface area contributed by atoms with Crippen molar-refractivity contribution in [2.45, 2.75) is 11.8 Å². The summed E-state index contributed by atoms with van der Waals surface area (Å²) in [5, 5.41) is 15.7. The number of methoxy groups -OCH3 is 1. The summed E-state index contributed by atoms with van der Waals surface area (Å²) in [6.45, 7) is 1.87. The fraction of sp³-hybridized carbons (Fsp3) is 0.0833. The van der Waals surface area contributed by atoms with Gasteiger partial charge in [0.25, 0.3) is 0 Å². The monoisotopic (exact) mass is 504 g/mol. The molecule has 0 fully saturated rings. The summed E-state index contributed by atoms with van der Waals surface area (Å²) in [6.07, 6.45) is 0. The molecular formula is C24H24N8O3S. The van der Waals surface area contributed by atoms with E-state index in [4.69, 9.17) is 9.88 Å². The molecule has 12 heteroatoms. The van der Waals surface area contributed by atoms with Crippen molar-refractivity contribution in [3.63, 3.8) is 0 Å². The molecule has 1 aromatic heterocycles. The predicted molar refractivity (Wildman–Crippen MR) is 139 cm³/mol. The third-order valence-electron chi connectivity index (χ3n) is 4.94. The van der Waals surface area contributed by atoms with Crippen LogP contribution in [0, 0.1) is 0 Å². The number of anilines is 5. The van der Waals surface area contributed by atoms with Crippen molar-refractivity contribution in [3.05, 3.63) is 84.4 Å². The van der Waals surface area contributed by atoms with Gasteiger partial charge in [-0.1, -0.05) is 30.3 Å². The highest BCUT2D eigenvalue weighted by Crippen LogP contribution is 2.21. The van der Waals surface area contributed by atoms with Gasteiger partial charge in [-0.15, -0.1) is 0 Å². The number of aromatic nitrogens is 3. The lowest BCUT2D eigenvalue weighted by atomic mass is 10.1. The van der Waals surface area contributed by atoms with Crippen molar-refractivity contribution in [1.82, 2.24) is 15.0 Å². The fourth-order valence-corrected chi connectivity index (χ4v) is 3.59. The molecular weight excluding hydrogens is 480 g/mol. The first-order valence-corrected chi connectivity index (χ1v) is 12.3. The zero-order chi connectivity index (χ0) is 25.5. The van der Waals surface area contributed by atoms with Gasteiger partial charge in [0.2, 0.25) is 27.9 Å². The Kier molecular flexibility index (Phi) is 7.37. The van der Waals surface area contributed by atoms with E-state index in [0.717, 1.165) is 22.7 Å². The lowest BCUT2D eigenvalue weighted by molar-refractivity contribution is 0.415. The van der Waals surface area contributed by atoms with Crippen LogP contribution in [0.15, 0.2) is 88.9 Å². The summed E-state index contributed by atoms with van der Waals surface area (Å²) >= 11 is 0. The minimum absolute atomic E-state index is 0.00126. The molecule has 5 N–H and O–H groups in total. The van der Waals surface area contributed by atoms with E-state index in [1.165, 1.54) is 12.1 Å². The molecule has 0 bridgehead atoms. The van der Waals surface area contributed by atoms with Crippen molar-refractivity contribution in [2.24, 2.45) is 10.2 Å². The zero-order valence-electron chi connectivity index (χ0n) is 19.5. The van der Waals surface area contributed by atoms with Gasteiger partial charge in [0.1, 0.15) is 5.75 Å². The summed E-state index contributed by atoms with van der Waals surface area (Å²) in [7, 11) is -2.20. The number of rotatable bonds is 9. The lowest BCUT2D eigenvalue weighted by Crippen LogP contribution is -2.12. The average molecular weight is 505 g/mol. The van der Waals surface area contributed by atoms with E-state index < -0.39 is 10.0 Å². The number of hydrazone groups is 1. The van der Waals surface area contributed by atoms with Crippen LogP contribution in [0.25, 0.3) is 0 Å². The minimum Gasteiger partial charge on any atom is -0.497 e. The molecule has 4 aromatic rings. The van der Waals surface area contributed by atoms with Crippen LogP contribution in [-0.2, 0) is 10.0 Å². The van der Waals surface area contributed by atoms with Crippen molar-refractivity contribution >= 4 is 45.0 Å². The van der Waals surface area contributed by atoms with Gasteiger partial charge in [-0.25, -0.2) is 19.0 Å². The fourth-order valence-electron chi connectivity index (χ4n) is 3.08. The Bertz CT molecular complexity index is 1460. The topological polar surface area (TPSA) is 157 Å². The average Bonchev–Trinajstić information content (AvgIpc) is 2.88. The number of benzene rings is 3. The van der Waals surface area contributed by atoms with Gasteiger partial charge in [0, 0.05) is 11.4 Å². The second-order valence-electron chi connectivity index (χ2n) is 7.53. The van der Waals surface area contributed by atoms with E-state index in [0.29, 0.717) is 5.69 Å². The van der Waals surface area contributed by atoms with Crippen molar-refractivity contribution in [1.29, 1.82) is 0 Å². The van der Waals surface area contributed by atoms with Crippen LogP contribution >= 0.6 is 0 Å². The molecule has 0 radical (unpaired) electrons. The summed E-state index contributed by atoms with van der Waals surface area (Å²) in [5.41, 5.74) is 5.86. The van der Waals surface area contributed by atoms with Gasteiger partial charge < -0.3 is 15.4 Å². The molecule has 0 saturated carbocycles. The van der Waals surface area contributed by atoms with E-state index >= 15 is 0 Å². The van der Waals surface area contributed by atoms with Crippen LogP contribution in [0.2, 0.25) is 0 Å². The lowest BCUT2D eigenvalue weighted by Gasteiger charge is -2.11. The van der Waals surface area contributed by atoms with Gasteiger partial charge >= 0.3 is 0 Å². The van der Waals surface area contributed by atoms with Gasteiger partial charge in [0.05, 0.1) is 17.7 Å². The summed E-state index contributed by atoms with van der Waals surface area (Å²) < 4.78 is 28.2. The van der Waals surface area contributed by atoms with E-state index in [9.17, 15) is 8.42 Å². The maximum absolute atomic E-state index is 11.5. The molecule has 0 aliphatic carbocycles. The van der Waals surface area contributed by atoms with E-state index in [1.807, 2.05) is 61.5 Å². The van der Waals surface area contributed by atoms with Crippen molar-refractivity contribution in [2.75, 3.05) is 23.2 Å². The third kappa shape index (κ3) is 6.52. The Morgan fingerprint density at radius 2 is 1.33 bits per heavy atom. The number of hydrogen-bond acceptors (Lipinski definition) is 10. The first-order valence-electron chi connectivity index (χ1n) is 10.7. The molecule has 0 amide bonds. The van der Waals surface area contributed by atoms with Crippen molar-refractivity contribution in [3.8, 4) is 5.75 Å². The first kappa shape index (κ1) is 24.6. The highest BCUT2D eigenvalue weighted by Gasteiger charge is 2.10. The number of nitrogens with one attached hydrogen (secondary N) is 3. The highest BCUT2D eigenvalue weighted by molar-refractivity contribution is 7.89. The maximum Gasteiger partial charge on any atom is 0.250 e. The van der Waals surface area contributed by atoms with Gasteiger partial charge in [-0.05, 0) is 61.0 Å². The molecule has 0 aliphatic rings. The number of sulfonamides is 1. The Morgan fingerprint density at radius 1 is 0.806 bits per heavy atom. The molecule has 0 saturated heterocycles. The van der Waals surface area contributed by atoms with Crippen molar-refractivity contribution < 1.29 is 13.2 Å². The highest BCUT2D eigenvalue weighted by atomic mass is 32.2. The molecule has 0 unspecified atom stereocenters. The third-order valence-corrected chi connectivity index (χ3v) is 5.86. The second kappa shape index (κ2) is 10.8. The smallest absolute Gasteiger partial charge is 0.250 e. The van der Waals surface area contributed by atoms with E-state index in [-0.39, 0.29) is 22.7 Å². The zero-order valence-corrected chi connectivity index (χ0v) is 20.3. The first-order chi connectivity index (χ1) is 17.3. The molecule has 184 valence electrons. The van der Waals surface area contributed by atoms with Crippen LogP contribution in [-0.4, -0.2) is 36.2 Å². The Hall–Kier alpha value is -4.55.